The first-order valence-corrected chi connectivity index (χ1v) is 7.29. The zero-order chi connectivity index (χ0) is 12.8. The highest BCUT2D eigenvalue weighted by Crippen LogP contribution is 2.26. The topological polar surface area (TPSA) is 21.3 Å². The van der Waals surface area contributed by atoms with Crippen LogP contribution in [0.25, 0.3) is 0 Å². The van der Waals surface area contributed by atoms with Crippen LogP contribution in [0.5, 0.6) is 5.75 Å². The van der Waals surface area contributed by atoms with Crippen LogP contribution in [-0.2, 0) is 0 Å². The predicted octanol–water partition coefficient (Wildman–Crippen LogP) is 4.07. The molecule has 0 spiro atoms. The summed E-state index contributed by atoms with van der Waals surface area (Å²) in [6.45, 7) is 5.47. The van der Waals surface area contributed by atoms with Gasteiger partial charge in [0.1, 0.15) is 5.75 Å². The number of ether oxygens (including phenoxy) is 1. The molecule has 0 bridgehead atoms. The van der Waals surface area contributed by atoms with Crippen LogP contribution in [0.2, 0.25) is 0 Å². The standard InChI is InChI=1S/C16H25NO/c1-3-11-17-13(2)14-7-6-10-16(12-14)18-15-8-4-5-9-15/h6-7,10,12-13,15,17H,3-5,8-9,11H2,1-2H3/t13-/m1/s1. The molecule has 0 amide bonds. The van der Waals surface area contributed by atoms with E-state index in [-0.39, 0.29) is 0 Å². The van der Waals surface area contributed by atoms with Gasteiger partial charge in [-0.05, 0) is 63.3 Å². The molecule has 0 heterocycles. The summed E-state index contributed by atoms with van der Waals surface area (Å²) in [6.07, 6.45) is 6.68. The van der Waals surface area contributed by atoms with Crippen molar-refractivity contribution in [2.45, 2.75) is 58.1 Å². The maximum Gasteiger partial charge on any atom is 0.120 e. The number of nitrogens with one attached hydrogen (secondary N) is 1. The SMILES string of the molecule is CCCN[C@H](C)c1cccc(OC2CCCC2)c1. The summed E-state index contributed by atoms with van der Waals surface area (Å²) in [7, 11) is 0. The van der Waals surface area contributed by atoms with Gasteiger partial charge in [0.2, 0.25) is 0 Å². The van der Waals surface area contributed by atoms with Crippen LogP contribution < -0.4 is 10.1 Å². The molecule has 0 aliphatic heterocycles. The van der Waals surface area contributed by atoms with Gasteiger partial charge in [-0.3, -0.25) is 0 Å². The Morgan fingerprint density at radius 1 is 1.33 bits per heavy atom. The fourth-order valence-electron chi connectivity index (χ4n) is 2.53. The molecule has 2 rings (SSSR count). The monoisotopic (exact) mass is 247 g/mol. The van der Waals surface area contributed by atoms with Crippen molar-refractivity contribution in [2.75, 3.05) is 6.54 Å². The first-order chi connectivity index (χ1) is 8.79. The second-order valence-electron chi connectivity index (χ2n) is 5.27. The van der Waals surface area contributed by atoms with Crippen molar-refractivity contribution < 1.29 is 4.74 Å². The molecule has 1 aromatic rings. The molecule has 2 heteroatoms. The Morgan fingerprint density at radius 3 is 2.83 bits per heavy atom. The first kappa shape index (κ1) is 13.4. The predicted molar refractivity (Wildman–Crippen MR) is 76.0 cm³/mol. The smallest absolute Gasteiger partial charge is 0.120 e. The molecular formula is C16H25NO. The van der Waals surface area contributed by atoms with Crippen LogP contribution in [-0.4, -0.2) is 12.6 Å². The zero-order valence-electron chi connectivity index (χ0n) is 11.6. The van der Waals surface area contributed by atoms with Crippen molar-refractivity contribution in [2.24, 2.45) is 0 Å². The molecule has 0 aromatic heterocycles. The summed E-state index contributed by atoms with van der Waals surface area (Å²) in [5.41, 5.74) is 1.32. The van der Waals surface area contributed by atoms with E-state index in [1.54, 1.807) is 0 Å². The van der Waals surface area contributed by atoms with E-state index in [9.17, 15) is 0 Å². The van der Waals surface area contributed by atoms with E-state index in [0.717, 1.165) is 12.3 Å². The molecule has 100 valence electrons. The zero-order valence-corrected chi connectivity index (χ0v) is 11.6. The lowest BCUT2D eigenvalue weighted by molar-refractivity contribution is 0.209. The van der Waals surface area contributed by atoms with E-state index in [0.29, 0.717) is 12.1 Å². The number of benzene rings is 1. The number of rotatable bonds is 6. The molecule has 1 N–H and O–H groups in total. The molecule has 1 aromatic carbocycles. The van der Waals surface area contributed by atoms with Gasteiger partial charge in [0.25, 0.3) is 0 Å². The Labute approximate surface area is 111 Å². The van der Waals surface area contributed by atoms with E-state index in [1.807, 2.05) is 0 Å². The maximum absolute atomic E-state index is 6.04. The second-order valence-corrected chi connectivity index (χ2v) is 5.27. The van der Waals surface area contributed by atoms with Gasteiger partial charge in [-0.15, -0.1) is 0 Å². The molecular weight excluding hydrogens is 222 g/mol. The van der Waals surface area contributed by atoms with E-state index in [1.165, 1.54) is 37.7 Å². The van der Waals surface area contributed by atoms with Gasteiger partial charge in [-0.1, -0.05) is 19.1 Å². The molecule has 1 aliphatic rings. The van der Waals surface area contributed by atoms with Crippen LogP contribution >= 0.6 is 0 Å². The lowest BCUT2D eigenvalue weighted by atomic mass is 10.1. The van der Waals surface area contributed by atoms with E-state index < -0.39 is 0 Å². The highest BCUT2D eigenvalue weighted by Gasteiger charge is 2.16. The lowest BCUT2D eigenvalue weighted by Crippen LogP contribution is -2.19. The van der Waals surface area contributed by atoms with E-state index in [4.69, 9.17) is 4.74 Å². The van der Waals surface area contributed by atoms with Gasteiger partial charge in [-0.25, -0.2) is 0 Å². The van der Waals surface area contributed by atoms with Crippen LogP contribution in [0.1, 0.15) is 57.6 Å². The second kappa shape index (κ2) is 6.79. The fraction of sp³-hybridized carbons (Fsp3) is 0.625. The lowest BCUT2D eigenvalue weighted by Gasteiger charge is -2.17. The molecule has 0 saturated heterocycles. The molecule has 1 atom stereocenters. The summed E-state index contributed by atoms with van der Waals surface area (Å²) in [4.78, 5) is 0. The van der Waals surface area contributed by atoms with Crippen molar-refractivity contribution >= 4 is 0 Å². The van der Waals surface area contributed by atoms with Crippen LogP contribution in [0, 0.1) is 0 Å². The molecule has 2 nitrogen and oxygen atoms in total. The fourth-order valence-corrected chi connectivity index (χ4v) is 2.53. The molecule has 1 saturated carbocycles. The van der Waals surface area contributed by atoms with Crippen molar-refractivity contribution in [3.05, 3.63) is 29.8 Å². The molecule has 18 heavy (non-hydrogen) atoms. The van der Waals surface area contributed by atoms with Crippen molar-refractivity contribution in [3.8, 4) is 5.75 Å². The largest absolute Gasteiger partial charge is 0.490 e. The van der Waals surface area contributed by atoms with Gasteiger partial charge in [0.15, 0.2) is 0 Å². The summed E-state index contributed by atoms with van der Waals surface area (Å²) < 4.78 is 6.04. The molecule has 0 radical (unpaired) electrons. The quantitative estimate of drug-likeness (QED) is 0.818. The Balaban J connectivity index is 1.95. The maximum atomic E-state index is 6.04. The van der Waals surface area contributed by atoms with Gasteiger partial charge < -0.3 is 10.1 Å². The van der Waals surface area contributed by atoms with Gasteiger partial charge in [0.05, 0.1) is 6.10 Å². The Kier molecular flexibility index (Phi) is 5.06. The minimum Gasteiger partial charge on any atom is -0.490 e. The third-order valence-corrected chi connectivity index (χ3v) is 3.66. The summed E-state index contributed by atoms with van der Waals surface area (Å²) in [5.74, 6) is 1.03. The summed E-state index contributed by atoms with van der Waals surface area (Å²) in [6, 6.07) is 8.94. The Hall–Kier alpha value is -1.02. The highest BCUT2D eigenvalue weighted by atomic mass is 16.5. The molecule has 1 aliphatic carbocycles. The van der Waals surface area contributed by atoms with Gasteiger partial charge in [-0.2, -0.15) is 0 Å². The average Bonchev–Trinajstić information content (AvgIpc) is 2.89. The van der Waals surface area contributed by atoms with Crippen LogP contribution in [0.3, 0.4) is 0 Å². The third kappa shape index (κ3) is 3.74. The first-order valence-electron chi connectivity index (χ1n) is 7.29. The summed E-state index contributed by atoms with van der Waals surface area (Å²) >= 11 is 0. The van der Waals surface area contributed by atoms with Crippen LogP contribution in [0.4, 0.5) is 0 Å². The third-order valence-electron chi connectivity index (χ3n) is 3.66. The number of hydrogen-bond acceptors (Lipinski definition) is 2. The Morgan fingerprint density at radius 2 is 2.11 bits per heavy atom. The van der Waals surface area contributed by atoms with Crippen molar-refractivity contribution in [1.82, 2.24) is 5.32 Å². The Bertz CT molecular complexity index is 358. The van der Waals surface area contributed by atoms with Gasteiger partial charge in [0, 0.05) is 6.04 Å². The van der Waals surface area contributed by atoms with Crippen LogP contribution in [0.15, 0.2) is 24.3 Å². The molecule has 0 unspecified atom stereocenters. The summed E-state index contributed by atoms with van der Waals surface area (Å²) in [5, 5.41) is 3.51. The normalized spacial score (nSPS) is 17.9. The van der Waals surface area contributed by atoms with E-state index >= 15 is 0 Å². The van der Waals surface area contributed by atoms with Crippen molar-refractivity contribution in [1.29, 1.82) is 0 Å². The minimum atomic E-state index is 0.400. The number of hydrogen-bond donors (Lipinski definition) is 1. The molecule has 1 fully saturated rings. The van der Waals surface area contributed by atoms with Gasteiger partial charge >= 0.3 is 0 Å². The van der Waals surface area contributed by atoms with Crippen molar-refractivity contribution in [3.63, 3.8) is 0 Å². The minimum absolute atomic E-state index is 0.400. The van der Waals surface area contributed by atoms with E-state index in [2.05, 4.69) is 43.4 Å². The average molecular weight is 247 g/mol. The highest BCUT2D eigenvalue weighted by molar-refractivity contribution is 5.30.